The zero-order valence-electron chi connectivity index (χ0n) is 24.4. The van der Waals surface area contributed by atoms with E-state index in [0.717, 1.165) is 50.4 Å². The number of carbonyl (C=O) groups is 2. The van der Waals surface area contributed by atoms with E-state index in [1.807, 2.05) is 24.3 Å². The molecular formula is C41H27NO2. The normalized spacial score (nSPS) is 14.8. The summed E-state index contributed by atoms with van der Waals surface area (Å²) in [5.74, 6) is -0.194. The largest absolute Gasteiger partial charge is 0.310 e. The topological polar surface area (TPSA) is 37.4 Å². The maximum Gasteiger partial charge on any atom is 0.194 e. The molecule has 0 fully saturated rings. The number of ketones is 2. The number of anilines is 3. The number of rotatable bonds is 1. The lowest BCUT2D eigenvalue weighted by atomic mass is 9.64. The van der Waals surface area contributed by atoms with Gasteiger partial charge in [0.25, 0.3) is 0 Å². The highest BCUT2D eigenvalue weighted by molar-refractivity contribution is 6.29. The Labute approximate surface area is 256 Å². The van der Waals surface area contributed by atoms with Crippen LogP contribution >= 0.6 is 0 Å². The van der Waals surface area contributed by atoms with E-state index in [4.69, 9.17) is 0 Å². The van der Waals surface area contributed by atoms with Crippen LogP contribution in [0.4, 0.5) is 17.1 Å². The predicted molar refractivity (Wildman–Crippen MR) is 175 cm³/mol. The SMILES string of the molecule is Cc1cc(C)cc(N2c3ccccc3C3(c4ccccc4-c4cc5c(cc43)C(=O)c3ccccc3C5=O)c3ccccc32)c1. The van der Waals surface area contributed by atoms with Crippen LogP contribution in [0, 0.1) is 13.8 Å². The Bertz CT molecular complexity index is 2190. The molecular weight excluding hydrogens is 538 g/mol. The van der Waals surface area contributed by atoms with E-state index in [1.54, 1.807) is 12.1 Å². The molecule has 208 valence electrons. The molecule has 3 nitrogen and oxygen atoms in total. The average molecular weight is 566 g/mol. The number of hydrogen-bond acceptors (Lipinski definition) is 3. The summed E-state index contributed by atoms with van der Waals surface area (Å²) in [6.07, 6.45) is 0. The molecule has 0 bridgehead atoms. The highest BCUT2D eigenvalue weighted by atomic mass is 16.1. The van der Waals surface area contributed by atoms with Gasteiger partial charge >= 0.3 is 0 Å². The van der Waals surface area contributed by atoms with E-state index in [2.05, 4.69) is 110 Å². The van der Waals surface area contributed by atoms with Gasteiger partial charge in [0, 0.05) is 27.9 Å². The smallest absolute Gasteiger partial charge is 0.194 e. The first kappa shape index (κ1) is 25.0. The van der Waals surface area contributed by atoms with E-state index in [0.29, 0.717) is 22.3 Å². The van der Waals surface area contributed by atoms with Gasteiger partial charge in [-0.1, -0.05) is 91.0 Å². The lowest BCUT2D eigenvalue weighted by molar-refractivity contribution is 0.0979. The second-order valence-corrected chi connectivity index (χ2v) is 12.2. The minimum Gasteiger partial charge on any atom is -0.310 e. The quantitative estimate of drug-likeness (QED) is 0.199. The predicted octanol–water partition coefficient (Wildman–Crippen LogP) is 9.23. The number of nitrogens with zero attached hydrogens (tertiary/aromatic N) is 1. The van der Waals surface area contributed by atoms with Gasteiger partial charge in [0.05, 0.1) is 16.8 Å². The number of hydrogen-bond donors (Lipinski definition) is 0. The van der Waals surface area contributed by atoms with Crippen LogP contribution in [-0.4, -0.2) is 11.6 Å². The van der Waals surface area contributed by atoms with Crippen LogP contribution in [0.15, 0.2) is 127 Å². The molecule has 44 heavy (non-hydrogen) atoms. The van der Waals surface area contributed by atoms with Crippen LogP contribution in [0.3, 0.4) is 0 Å². The van der Waals surface area contributed by atoms with Crippen LogP contribution in [0.2, 0.25) is 0 Å². The van der Waals surface area contributed by atoms with Gasteiger partial charge in [-0.05, 0) is 94.8 Å². The van der Waals surface area contributed by atoms with E-state index >= 15 is 0 Å². The molecule has 0 N–H and O–H groups in total. The van der Waals surface area contributed by atoms with Crippen molar-refractivity contribution >= 4 is 28.6 Å². The van der Waals surface area contributed by atoms with E-state index in [-0.39, 0.29) is 11.6 Å². The van der Waals surface area contributed by atoms with Crippen molar-refractivity contribution in [2.24, 2.45) is 0 Å². The highest BCUT2D eigenvalue weighted by Crippen LogP contribution is 2.63. The van der Waals surface area contributed by atoms with Crippen LogP contribution in [0.25, 0.3) is 11.1 Å². The molecule has 9 rings (SSSR count). The number of carbonyl (C=O) groups excluding carboxylic acids is 2. The second kappa shape index (κ2) is 8.75. The highest BCUT2D eigenvalue weighted by Gasteiger charge is 2.52. The maximum absolute atomic E-state index is 14.0. The Morgan fingerprint density at radius 3 is 1.50 bits per heavy atom. The fourth-order valence-electron chi connectivity index (χ4n) is 8.05. The first-order valence-corrected chi connectivity index (χ1v) is 15.0. The Hall–Kier alpha value is -5.54. The summed E-state index contributed by atoms with van der Waals surface area (Å²) < 4.78 is 0. The first-order chi connectivity index (χ1) is 21.5. The zero-order valence-corrected chi connectivity index (χ0v) is 24.4. The van der Waals surface area contributed by atoms with E-state index < -0.39 is 5.41 Å². The Morgan fingerprint density at radius 2 is 0.909 bits per heavy atom. The van der Waals surface area contributed by atoms with Crippen LogP contribution < -0.4 is 4.90 Å². The lowest BCUT2D eigenvalue weighted by Gasteiger charge is -2.45. The lowest BCUT2D eigenvalue weighted by Crippen LogP contribution is -2.36. The monoisotopic (exact) mass is 565 g/mol. The van der Waals surface area contributed by atoms with E-state index in [9.17, 15) is 9.59 Å². The number of benzene rings is 6. The van der Waals surface area contributed by atoms with Gasteiger partial charge in [0.15, 0.2) is 11.6 Å². The molecule has 0 radical (unpaired) electrons. The molecule has 1 heterocycles. The molecule has 6 aromatic rings. The van der Waals surface area contributed by atoms with Crippen molar-refractivity contribution < 1.29 is 9.59 Å². The van der Waals surface area contributed by atoms with Crippen LogP contribution in [0.1, 0.15) is 65.2 Å². The molecule has 1 aliphatic heterocycles. The third-order valence-electron chi connectivity index (χ3n) is 9.65. The van der Waals surface area contributed by atoms with Gasteiger partial charge in [0.1, 0.15) is 0 Å². The summed E-state index contributed by atoms with van der Waals surface area (Å²) in [7, 11) is 0. The summed E-state index contributed by atoms with van der Waals surface area (Å²) >= 11 is 0. The molecule has 3 heteroatoms. The molecule has 0 unspecified atom stereocenters. The first-order valence-electron chi connectivity index (χ1n) is 15.0. The molecule has 6 aromatic carbocycles. The van der Waals surface area contributed by atoms with Gasteiger partial charge in [0.2, 0.25) is 0 Å². The Balaban J connectivity index is 1.41. The molecule has 2 aliphatic carbocycles. The fraction of sp³-hybridized carbons (Fsp3) is 0.0732. The van der Waals surface area contributed by atoms with Crippen molar-refractivity contribution in [1.29, 1.82) is 0 Å². The minimum absolute atomic E-state index is 0.0955. The van der Waals surface area contributed by atoms with Gasteiger partial charge in [-0.2, -0.15) is 0 Å². The van der Waals surface area contributed by atoms with Gasteiger partial charge < -0.3 is 4.90 Å². The third kappa shape index (κ3) is 3.06. The molecule has 0 saturated carbocycles. The van der Waals surface area contributed by atoms with Gasteiger partial charge in [-0.3, -0.25) is 9.59 Å². The Morgan fingerprint density at radius 1 is 0.432 bits per heavy atom. The van der Waals surface area contributed by atoms with Gasteiger partial charge in [-0.25, -0.2) is 0 Å². The molecule has 3 aliphatic rings. The zero-order chi connectivity index (χ0) is 29.7. The molecule has 0 amide bonds. The van der Waals surface area contributed by atoms with E-state index in [1.165, 1.54) is 11.1 Å². The van der Waals surface area contributed by atoms with Crippen molar-refractivity contribution in [3.05, 3.63) is 183 Å². The molecule has 0 saturated heterocycles. The van der Waals surface area contributed by atoms with Crippen molar-refractivity contribution in [3.8, 4) is 11.1 Å². The van der Waals surface area contributed by atoms with Gasteiger partial charge in [-0.15, -0.1) is 0 Å². The number of fused-ring (bicyclic) bond motifs is 11. The van der Waals surface area contributed by atoms with Crippen molar-refractivity contribution in [2.75, 3.05) is 4.90 Å². The molecule has 0 aromatic heterocycles. The second-order valence-electron chi connectivity index (χ2n) is 12.2. The van der Waals surface area contributed by atoms with Crippen molar-refractivity contribution in [1.82, 2.24) is 0 Å². The summed E-state index contributed by atoms with van der Waals surface area (Å²) in [6.45, 7) is 4.28. The number of para-hydroxylation sites is 2. The molecule has 0 atom stereocenters. The Kier molecular flexibility index (Phi) is 4.97. The fourth-order valence-corrected chi connectivity index (χ4v) is 8.05. The minimum atomic E-state index is -0.677. The van der Waals surface area contributed by atoms with Crippen LogP contribution in [-0.2, 0) is 5.41 Å². The third-order valence-corrected chi connectivity index (χ3v) is 9.65. The van der Waals surface area contributed by atoms with Crippen molar-refractivity contribution in [3.63, 3.8) is 0 Å². The van der Waals surface area contributed by atoms with Crippen LogP contribution in [0.5, 0.6) is 0 Å². The summed E-state index contributed by atoms with van der Waals surface area (Å²) in [5, 5.41) is 0. The number of aryl methyl sites for hydroxylation is 2. The summed E-state index contributed by atoms with van der Waals surface area (Å²) in [6, 6.07) is 43.7. The standard InChI is InChI=1S/C41H27NO2/c1-24-19-25(2)21-26(20-24)42-37-17-9-7-15-34(37)41(35-16-8-10-18-38(35)42)33-14-6-5-11-27(33)30-22-31-32(23-36(30)41)40(44)29-13-4-3-12-28(29)39(31)43/h3-23H,1-2H3. The average Bonchev–Trinajstić information content (AvgIpc) is 3.33. The summed E-state index contributed by atoms with van der Waals surface area (Å²) in [4.78, 5) is 30.2. The summed E-state index contributed by atoms with van der Waals surface area (Å²) in [5.41, 5.74) is 13.6. The van der Waals surface area contributed by atoms with Crippen molar-refractivity contribution in [2.45, 2.75) is 19.3 Å². The molecule has 1 spiro atoms. The maximum atomic E-state index is 14.0.